The standard InChI is InChI=1S/C14H21N3O4/c1-9(13(18)19)5-4-6-10(2)16-12-8-15-7-11(17-12)14(20)21-3/h7-10H,4-6H2,1-3H3,(H,16,17)(H,18,19). The summed E-state index contributed by atoms with van der Waals surface area (Å²) in [6, 6.07) is 0.105. The molecule has 116 valence electrons. The lowest BCUT2D eigenvalue weighted by Gasteiger charge is -2.15. The highest BCUT2D eigenvalue weighted by molar-refractivity contribution is 5.87. The van der Waals surface area contributed by atoms with Gasteiger partial charge in [0.05, 0.1) is 25.4 Å². The van der Waals surface area contributed by atoms with Crippen LogP contribution in [0.1, 0.15) is 43.6 Å². The van der Waals surface area contributed by atoms with Crippen molar-refractivity contribution in [2.75, 3.05) is 12.4 Å². The van der Waals surface area contributed by atoms with Gasteiger partial charge in [0.25, 0.3) is 0 Å². The lowest BCUT2D eigenvalue weighted by atomic mass is 10.0. The second kappa shape index (κ2) is 8.18. The number of hydrogen-bond donors (Lipinski definition) is 2. The highest BCUT2D eigenvalue weighted by Crippen LogP contribution is 2.12. The van der Waals surface area contributed by atoms with Crippen LogP contribution < -0.4 is 5.32 Å². The number of carboxylic acid groups (broad SMARTS) is 1. The molecule has 0 saturated carbocycles. The van der Waals surface area contributed by atoms with Gasteiger partial charge in [-0.25, -0.2) is 9.78 Å². The van der Waals surface area contributed by atoms with Crippen LogP contribution in [0.15, 0.2) is 12.4 Å². The van der Waals surface area contributed by atoms with E-state index in [1.54, 1.807) is 6.92 Å². The van der Waals surface area contributed by atoms with Crippen molar-refractivity contribution in [1.82, 2.24) is 9.97 Å². The zero-order chi connectivity index (χ0) is 15.8. The minimum Gasteiger partial charge on any atom is -0.481 e. The van der Waals surface area contributed by atoms with Gasteiger partial charge in [0.15, 0.2) is 5.69 Å². The summed E-state index contributed by atoms with van der Waals surface area (Å²) in [6.45, 7) is 3.67. The predicted octanol–water partition coefficient (Wildman–Crippen LogP) is 1.95. The van der Waals surface area contributed by atoms with Gasteiger partial charge in [-0.15, -0.1) is 0 Å². The van der Waals surface area contributed by atoms with Crippen LogP contribution in [-0.2, 0) is 9.53 Å². The van der Waals surface area contributed by atoms with Crippen LogP contribution in [0.5, 0.6) is 0 Å². The van der Waals surface area contributed by atoms with Crippen molar-refractivity contribution < 1.29 is 19.4 Å². The van der Waals surface area contributed by atoms with E-state index in [0.717, 1.165) is 12.8 Å². The fourth-order valence-corrected chi connectivity index (χ4v) is 1.82. The molecule has 7 nitrogen and oxygen atoms in total. The first-order chi connectivity index (χ1) is 9.93. The van der Waals surface area contributed by atoms with Crippen LogP contribution in [0.25, 0.3) is 0 Å². The van der Waals surface area contributed by atoms with Crippen molar-refractivity contribution in [1.29, 1.82) is 0 Å². The second-order valence-corrected chi connectivity index (χ2v) is 5.00. The fraction of sp³-hybridized carbons (Fsp3) is 0.571. The number of nitrogens with one attached hydrogen (secondary N) is 1. The molecule has 0 aliphatic carbocycles. The number of aromatic nitrogens is 2. The maximum absolute atomic E-state index is 11.4. The summed E-state index contributed by atoms with van der Waals surface area (Å²) >= 11 is 0. The SMILES string of the molecule is COC(=O)c1cncc(NC(C)CCCC(C)C(=O)O)n1. The Morgan fingerprint density at radius 2 is 2.05 bits per heavy atom. The number of aliphatic carboxylic acids is 1. The average Bonchev–Trinajstić information content (AvgIpc) is 2.46. The molecule has 0 aliphatic heterocycles. The quantitative estimate of drug-likeness (QED) is 0.707. The summed E-state index contributed by atoms with van der Waals surface area (Å²) in [5, 5.41) is 11.9. The molecule has 1 heterocycles. The molecule has 0 aliphatic rings. The van der Waals surface area contributed by atoms with Gasteiger partial charge in [0, 0.05) is 6.04 Å². The molecule has 0 amide bonds. The lowest BCUT2D eigenvalue weighted by Crippen LogP contribution is -2.18. The summed E-state index contributed by atoms with van der Waals surface area (Å²) < 4.78 is 4.59. The zero-order valence-electron chi connectivity index (χ0n) is 12.5. The third-order valence-electron chi connectivity index (χ3n) is 3.12. The number of rotatable bonds is 8. The van der Waals surface area contributed by atoms with Crippen LogP contribution in [-0.4, -0.2) is 40.2 Å². The first-order valence-electron chi connectivity index (χ1n) is 6.83. The third-order valence-corrected chi connectivity index (χ3v) is 3.12. The van der Waals surface area contributed by atoms with Gasteiger partial charge in [-0.3, -0.25) is 9.78 Å². The normalized spacial score (nSPS) is 13.3. The minimum absolute atomic E-state index is 0.105. The number of carbonyl (C=O) groups is 2. The van der Waals surface area contributed by atoms with Crippen LogP contribution in [0.3, 0.4) is 0 Å². The van der Waals surface area contributed by atoms with Gasteiger partial charge in [-0.05, 0) is 19.8 Å². The number of methoxy groups -OCH3 is 1. The first kappa shape index (κ1) is 16.9. The Morgan fingerprint density at radius 3 is 2.67 bits per heavy atom. The molecule has 0 bridgehead atoms. The Labute approximate surface area is 123 Å². The van der Waals surface area contributed by atoms with Crippen molar-refractivity contribution in [2.45, 2.75) is 39.2 Å². The Balaban J connectivity index is 2.46. The number of carboxylic acids is 1. The number of carbonyl (C=O) groups excluding carboxylic acids is 1. The molecular formula is C14H21N3O4. The Bertz CT molecular complexity index is 493. The molecule has 21 heavy (non-hydrogen) atoms. The van der Waals surface area contributed by atoms with Crippen LogP contribution in [0.2, 0.25) is 0 Å². The summed E-state index contributed by atoms with van der Waals surface area (Å²) in [6.07, 6.45) is 5.11. The molecule has 0 aromatic carbocycles. The molecule has 0 saturated heterocycles. The van der Waals surface area contributed by atoms with Gasteiger partial charge < -0.3 is 15.2 Å². The molecule has 7 heteroatoms. The van der Waals surface area contributed by atoms with Crippen molar-refractivity contribution in [3.05, 3.63) is 18.1 Å². The topological polar surface area (TPSA) is 101 Å². The van der Waals surface area contributed by atoms with Crippen molar-refractivity contribution >= 4 is 17.8 Å². The molecule has 2 atom stereocenters. The third kappa shape index (κ3) is 5.76. The number of ether oxygens (including phenoxy) is 1. The molecule has 0 spiro atoms. The highest BCUT2D eigenvalue weighted by atomic mass is 16.5. The summed E-state index contributed by atoms with van der Waals surface area (Å²) in [5.74, 6) is -1.14. The van der Waals surface area contributed by atoms with Crippen LogP contribution in [0.4, 0.5) is 5.82 Å². The predicted molar refractivity (Wildman–Crippen MR) is 77.1 cm³/mol. The van der Waals surface area contributed by atoms with Crippen LogP contribution in [0, 0.1) is 5.92 Å². The molecular weight excluding hydrogens is 274 g/mol. The first-order valence-corrected chi connectivity index (χ1v) is 6.83. The van der Waals surface area contributed by atoms with E-state index in [9.17, 15) is 9.59 Å². The largest absolute Gasteiger partial charge is 0.481 e. The number of nitrogens with zero attached hydrogens (tertiary/aromatic N) is 2. The summed E-state index contributed by atoms with van der Waals surface area (Å²) in [4.78, 5) is 30.1. The van der Waals surface area contributed by atoms with Crippen molar-refractivity contribution in [3.63, 3.8) is 0 Å². The smallest absolute Gasteiger partial charge is 0.358 e. The zero-order valence-corrected chi connectivity index (χ0v) is 12.5. The van der Waals surface area contributed by atoms with Gasteiger partial charge in [-0.1, -0.05) is 13.3 Å². The van der Waals surface area contributed by atoms with Gasteiger partial charge in [0.1, 0.15) is 5.82 Å². The van der Waals surface area contributed by atoms with Gasteiger partial charge in [0.2, 0.25) is 0 Å². The van der Waals surface area contributed by atoms with E-state index in [1.165, 1.54) is 19.5 Å². The summed E-state index contributed by atoms with van der Waals surface area (Å²) in [7, 11) is 1.29. The molecule has 0 radical (unpaired) electrons. The van der Waals surface area contributed by atoms with E-state index in [4.69, 9.17) is 5.11 Å². The molecule has 1 rings (SSSR count). The summed E-state index contributed by atoms with van der Waals surface area (Å²) in [5.41, 5.74) is 0.147. The van der Waals surface area contributed by atoms with Crippen LogP contribution >= 0.6 is 0 Å². The Kier molecular flexibility index (Phi) is 6.58. The Morgan fingerprint density at radius 1 is 1.33 bits per heavy atom. The van der Waals surface area contributed by atoms with Gasteiger partial charge >= 0.3 is 11.9 Å². The van der Waals surface area contributed by atoms with E-state index in [0.29, 0.717) is 12.2 Å². The highest BCUT2D eigenvalue weighted by Gasteiger charge is 2.12. The molecule has 2 unspecified atom stereocenters. The molecule has 2 N–H and O–H groups in total. The van der Waals surface area contributed by atoms with E-state index in [-0.39, 0.29) is 17.7 Å². The second-order valence-electron chi connectivity index (χ2n) is 5.00. The van der Waals surface area contributed by atoms with Crippen molar-refractivity contribution in [2.24, 2.45) is 5.92 Å². The number of hydrogen-bond acceptors (Lipinski definition) is 6. The van der Waals surface area contributed by atoms with E-state index in [2.05, 4.69) is 20.0 Å². The average molecular weight is 295 g/mol. The molecule has 1 aromatic heterocycles. The lowest BCUT2D eigenvalue weighted by molar-refractivity contribution is -0.141. The van der Waals surface area contributed by atoms with E-state index in [1.807, 2.05) is 6.92 Å². The van der Waals surface area contributed by atoms with Gasteiger partial charge in [-0.2, -0.15) is 0 Å². The fourth-order valence-electron chi connectivity index (χ4n) is 1.82. The van der Waals surface area contributed by atoms with E-state index < -0.39 is 11.9 Å². The maximum Gasteiger partial charge on any atom is 0.358 e. The molecule has 1 aromatic rings. The monoisotopic (exact) mass is 295 g/mol. The Hall–Kier alpha value is -2.18. The number of anilines is 1. The minimum atomic E-state index is -0.771. The maximum atomic E-state index is 11.4. The molecule has 0 fully saturated rings. The van der Waals surface area contributed by atoms with E-state index >= 15 is 0 Å². The number of esters is 1. The van der Waals surface area contributed by atoms with Crippen molar-refractivity contribution in [3.8, 4) is 0 Å².